The summed E-state index contributed by atoms with van der Waals surface area (Å²) in [5.41, 5.74) is 8.35. The molecular formula is C21H24N4O4S. The minimum Gasteiger partial charge on any atom is -0.492 e. The number of rotatable bonds is 4. The first-order valence-electron chi connectivity index (χ1n) is 9.83. The number of piperidine rings is 1. The van der Waals surface area contributed by atoms with Crippen LogP contribution in [-0.2, 0) is 10.2 Å². The largest absolute Gasteiger partial charge is 0.492 e. The van der Waals surface area contributed by atoms with E-state index in [9.17, 15) is 13.2 Å². The number of anilines is 1. The Morgan fingerprint density at radius 1 is 1.27 bits per heavy atom. The van der Waals surface area contributed by atoms with Crippen molar-refractivity contribution >= 4 is 27.6 Å². The molecule has 9 heteroatoms. The maximum absolute atomic E-state index is 12.9. The number of nitrogens with two attached hydrogens (primary N) is 1. The molecule has 1 atom stereocenters. The Labute approximate surface area is 175 Å². The number of amidine groups is 1. The van der Waals surface area contributed by atoms with Gasteiger partial charge in [0, 0.05) is 24.6 Å². The van der Waals surface area contributed by atoms with E-state index in [0.717, 1.165) is 30.5 Å². The van der Waals surface area contributed by atoms with Gasteiger partial charge in [-0.2, -0.15) is 8.42 Å². The summed E-state index contributed by atoms with van der Waals surface area (Å²) in [6, 6.07) is 12.7. The lowest BCUT2D eigenvalue weighted by atomic mass is 9.97. The number of hydrogen-bond acceptors (Lipinski definition) is 5. The number of amides is 1. The summed E-state index contributed by atoms with van der Waals surface area (Å²) in [5.74, 6) is 0.583. The van der Waals surface area contributed by atoms with Crippen molar-refractivity contribution in [3.63, 3.8) is 0 Å². The smallest absolute Gasteiger partial charge is 0.344 e. The number of fused-ring (bicyclic) bond motifs is 1. The van der Waals surface area contributed by atoms with Crippen LogP contribution in [0.1, 0.15) is 34.3 Å². The van der Waals surface area contributed by atoms with Crippen LogP contribution in [0.3, 0.4) is 0 Å². The second kappa shape index (κ2) is 7.98. The minimum absolute atomic E-state index is 0.0423. The number of carbonyl (C=O) groups is 1. The van der Waals surface area contributed by atoms with Crippen LogP contribution in [0.15, 0.2) is 46.9 Å². The Morgan fingerprint density at radius 2 is 2.07 bits per heavy atom. The van der Waals surface area contributed by atoms with E-state index in [1.807, 2.05) is 36.1 Å². The van der Waals surface area contributed by atoms with Crippen molar-refractivity contribution in [1.82, 2.24) is 4.90 Å². The average molecular weight is 429 g/mol. The number of aryl methyl sites for hydroxylation is 1. The third-order valence-electron chi connectivity index (χ3n) is 5.40. The molecule has 1 amide bonds. The summed E-state index contributed by atoms with van der Waals surface area (Å²) in [6.07, 6.45) is 1.85. The van der Waals surface area contributed by atoms with Gasteiger partial charge in [-0.25, -0.2) is 0 Å². The Balaban J connectivity index is 1.45. The highest BCUT2D eigenvalue weighted by atomic mass is 32.2. The molecule has 0 spiro atoms. The maximum atomic E-state index is 12.9. The topological polar surface area (TPSA) is 114 Å². The van der Waals surface area contributed by atoms with Crippen molar-refractivity contribution < 1.29 is 17.9 Å². The van der Waals surface area contributed by atoms with Gasteiger partial charge in [-0.1, -0.05) is 24.3 Å². The van der Waals surface area contributed by atoms with Crippen LogP contribution in [-0.4, -0.2) is 44.8 Å². The molecule has 4 rings (SSSR count). The first-order valence-corrected chi connectivity index (χ1v) is 11.3. The zero-order chi connectivity index (χ0) is 21.3. The number of ether oxygens (including phenoxy) is 1. The van der Waals surface area contributed by atoms with Gasteiger partial charge in [0.1, 0.15) is 5.75 Å². The van der Waals surface area contributed by atoms with Crippen molar-refractivity contribution in [1.29, 1.82) is 0 Å². The predicted molar refractivity (Wildman–Crippen MR) is 115 cm³/mol. The molecule has 3 N–H and O–H groups in total. The van der Waals surface area contributed by atoms with Gasteiger partial charge in [0.15, 0.2) is 5.84 Å². The third-order valence-corrected chi connectivity index (χ3v) is 6.31. The van der Waals surface area contributed by atoms with E-state index < -0.39 is 10.2 Å². The van der Waals surface area contributed by atoms with Gasteiger partial charge < -0.3 is 15.4 Å². The van der Waals surface area contributed by atoms with Crippen molar-refractivity contribution in [3.8, 4) is 5.75 Å². The predicted octanol–water partition coefficient (Wildman–Crippen LogP) is 2.30. The van der Waals surface area contributed by atoms with Crippen LogP contribution in [0, 0.1) is 12.8 Å². The van der Waals surface area contributed by atoms with Gasteiger partial charge in [0.25, 0.3) is 5.91 Å². The Morgan fingerprint density at radius 3 is 2.87 bits per heavy atom. The minimum atomic E-state index is -3.83. The van der Waals surface area contributed by atoms with Gasteiger partial charge in [-0.05, 0) is 43.5 Å². The molecule has 1 fully saturated rings. The lowest BCUT2D eigenvalue weighted by Crippen LogP contribution is -2.41. The number of carbonyl (C=O) groups excluding carboxylic acids is 1. The van der Waals surface area contributed by atoms with Gasteiger partial charge in [-0.15, -0.1) is 4.40 Å². The summed E-state index contributed by atoms with van der Waals surface area (Å²) < 4.78 is 35.3. The van der Waals surface area contributed by atoms with Gasteiger partial charge in [0.05, 0.1) is 17.9 Å². The Kier molecular flexibility index (Phi) is 5.38. The van der Waals surface area contributed by atoms with E-state index in [1.54, 1.807) is 18.2 Å². The fourth-order valence-electron chi connectivity index (χ4n) is 3.91. The standard InChI is InChI=1S/C21H24N4O4S/c1-14-6-2-3-8-16(14)21(26)25-11-5-7-15(12-25)13-29-18-10-4-9-17-19(18)20(22)24-30(27,28)23-17/h2-4,6,8-10,15,23H,5,7,11-13H2,1H3,(H2,22,24)/t15-/m0/s1. The molecule has 1 saturated heterocycles. The summed E-state index contributed by atoms with van der Waals surface area (Å²) >= 11 is 0. The Bertz CT molecular complexity index is 1110. The van der Waals surface area contributed by atoms with Crippen molar-refractivity contribution in [2.75, 3.05) is 24.4 Å². The van der Waals surface area contributed by atoms with Crippen LogP contribution in [0.2, 0.25) is 0 Å². The number of likely N-dealkylation sites (tertiary alicyclic amines) is 1. The molecule has 2 aliphatic heterocycles. The van der Waals surface area contributed by atoms with E-state index in [2.05, 4.69) is 9.12 Å². The van der Waals surface area contributed by atoms with Crippen LogP contribution in [0.4, 0.5) is 5.69 Å². The molecule has 158 valence electrons. The van der Waals surface area contributed by atoms with Crippen molar-refractivity contribution in [2.45, 2.75) is 19.8 Å². The maximum Gasteiger partial charge on any atom is 0.344 e. The molecule has 0 unspecified atom stereocenters. The highest BCUT2D eigenvalue weighted by Crippen LogP contribution is 2.31. The molecule has 0 saturated carbocycles. The van der Waals surface area contributed by atoms with E-state index >= 15 is 0 Å². The number of benzene rings is 2. The highest BCUT2D eigenvalue weighted by Gasteiger charge is 2.27. The first-order chi connectivity index (χ1) is 14.3. The van der Waals surface area contributed by atoms with Gasteiger partial charge >= 0.3 is 10.2 Å². The second-order valence-electron chi connectivity index (χ2n) is 7.62. The molecule has 0 radical (unpaired) electrons. The third kappa shape index (κ3) is 4.11. The van der Waals surface area contributed by atoms with Crippen LogP contribution in [0.25, 0.3) is 0 Å². The fraction of sp³-hybridized carbons (Fsp3) is 0.333. The zero-order valence-electron chi connectivity index (χ0n) is 16.7. The number of nitrogens with zero attached hydrogens (tertiary/aromatic N) is 2. The molecule has 2 aliphatic rings. The average Bonchev–Trinajstić information content (AvgIpc) is 2.71. The molecular weight excluding hydrogens is 404 g/mol. The summed E-state index contributed by atoms with van der Waals surface area (Å²) in [4.78, 5) is 14.8. The normalized spacial score (nSPS) is 20.0. The molecule has 30 heavy (non-hydrogen) atoms. The van der Waals surface area contributed by atoms with Crippen LogP contribution >= 0.6 is 0 Å². The van der Waals surface area contributed by atoms with Gasteiger partial charge in [0.2, 0.25) is 0 Å². The number of hydrogen-bond donors (Lipinski definition) is 2. The summed E-state index contributed by atoms with van der Waals surface area (Å²) in [6.45, 7) is 3.68. The highest BCUT2D eigenvalue weighted by molar-refractivity contribution is 7.91. The molecule has 0 aromatic heterocycles. The van der Waals surface area contributed by atoms with Crippen LogP contribution < -0.4 is 15.2 Å². The molecule has 0 bridgehead atoms. The molecule has 2 heterocycles. The monoisotopic (exact) mass is 428 g/mol. The lowest BCUT2D eigenvalue weighted by molar-refractivity contribution is 0.0632. The molecule has 2 aromatic rings. The van der Waals surface area contributed by atoms with E-state index in [0.29, 0.717) is 30.2 Å². The summed E-state index contributed by atoms with van der Waals surface area (Å²) in [5, 5.41) is 0. The van der Waals surface area contributed by atoms with Crippen LogP contribution in [0.5, 0.6) is 5.75 Å². The second-order valence-corrected chi connectivity index (χ2v) is 8.95. The quantitative estimate of drug-likeness (QED) is 0.776. The number of nitrogens with one attached hydrogen (secondary N) is 1. The van der Waals surface area contributed by atoms with Gasteiger partial charge in [-0.3, -0.25) is 9.52 Å². The molecule has 0 aliphatic carbocycles. The molecule has 8 nitrogen and oxygen atoms in total. The molecule has 2 aromatic carbocycles. The van der Waals surface area contributed by atoms with E-state index in [-0.39, 0.29) is 17.7 Å². The van der Waals surface area contributed by atoms with Crippen molar-refractivity contribution in [3.05, 3.63) is 59.2 Å². The first kappa shape index (κ1) is 20.2. The SMILES string of the molecule is Cc1ccccc1C(=O)N1CCC[C@H](COc2cccc3c2C(N)=NS(=O)(=O)N3)C1. The fourth-order valence-corrected chi connectivity index (χ4v) is 4.76. The van der Waals surface area contributed by atoms with E-state index in [1.165, 1.54) is 0 Å². The summed E-state index contributed by atoms with van der Waals surface area (Å²) in [7, 11) is -3.83. The zero-order valence-corrected chi connectivity index (χ0v) is 17.5. The van der Waals surface area contributed by atoms with E-state index in [4.69, 9.17) is 10.5 Å². The van der Waals surface area contributed by atoms with Crippen molar-refractivity contribution in [2.24, 2.45) is 16.0 Å². The lowest BCUT2D eigenvalue weighted by Gasteiger charge is -2.33. The Hall–Kier alpha value is -3.07.